The number of hydrogen-bond acceptors (Lipinski definition) is 7. The minimum Gasteiger partial charge on any atom is -0.462 e. The quantitative estimate of drug-likeness (QED) is 0.222. The predicted octanol–water partition coefficient (Wildman–Crippen LogP) is 5.09. The van der Waals surface area contributed by atoms with Gasteiger partial charge in [0.1, 0.15) is 18.5 Å². The smallest absolute Gasteiger partial charge is 0.320 e. The zero-order chi connectivity index (χ0) is 29.2. The minimum absolute atomic E-state index is 0.166. The number of anilines is 1. The van der Waals surface area contributed by atoms with Crippen molar-refractivity contribution in [3.05, 3.63) is 77.6 Å². The van der Waals surface area contributed by atoms with Crippen LogP contribution in [0.2, 0.25) is 5.02 Å². The van der Waals surface area contributed by atoms with Crippen molar-refractivity contribution in [2.24, 2.45) is 0 Å². The number of rotatable bonds is 7. The van der Waals surface area contributed by atoms with Crippen LogP contribution in [0, 0.1) is 6.57 Å². The van der Waals surface area contributed by atoms with Gasteiger partial charge in [0.25, 0.3) is 0 Å². The zero-order valence-electron chi connectivity index (χ0n) is 23.5. The van der Waals surface area contributed by atoms with Crippen LogP contribution in [0.4, 0.5) is 5.82 Å². The Morgan fingerprint density at radius 1 is 1.12 bits per heavy atom. The fourth-order valence-corrected chi connectivity index (χ4v) is 6.30. The normalized spacial score (nSPS) is 19.3. The molecule has 2 atom stereocenters. The van der Waals surface area contributed by atoms with E-state index in [0.29, 0.717) is 48.8 Å². The molecule has 2 aromatic heterocycles. The number of carbonyl (C=O) groups excluding carboxylic acids is 1. The minimum atomic E-state index is -0.284. The molecule has 9 nitrogen and oxygen atoms in total. The van der Waals surface area contributed by atoms with E-state index < -0.39 is 0 Å². The summed E-state index contributed by atoms with van der Waals surface area (Å²) in [6, 6.07) is 16.2. The predicted molar refractivity (Wildman–Crippen MR) is 166 cm³/mol. The highest BCUT2D eigenvalue weighted by Gasteiger charge is 2.33. The van der Waals surface area contributed by atoms with Crippen LogP contribution in [0.3, 0.4) is 0 Å². The first kappa shape index (κ1) is 27.9. The lowest BCUT2D eigenvalue weighted by Crippen LogP contribution is -2.56. The number of likely N-dealkylation sites (N-methyl/N-ethyl adjacent to an activating group) is 1. The van der Waals surface area contributed by atoms with Gasteiger partial charge in [-0.05, 0) is 56.1 Å². The number of piperazine rings is 1. The second-order valence-electron chi connectivity index (χ2n) is 10.8. The number of ether oxygens (including phenoxy) is 1. The van der Waals surface area contributed by atoms with Gasteiger partial charge in [-0.25, -0.2) is 11.6 Å². The summed E-state index contributed by atoms with van der Waals surface area (Å²) in [4.78, 5) is 36.9. The maximum absolute atomic E-state index is 12.5. The molecule has 214 valence electrons. The molecule has 1 amide bonds. The van der Waals surface area contributed by atoms with Crippen LogP contribution in [0.25, 0.3) is 37.9 Å². The summed E-state index contributed by atoms with van der Waals surface area (Å²) in [5.74, 6) is 0.520. The average molecular weight is 582 g/mol. The van der Waals surface area contributed by atoms with Gasteiger partial charge in [0.05, 0.1) is 11.1 Å². The van der Waals surface area contributed by atoms with Crippen molar-refractivity contribution in [3.63, 3.8) is 0 Å². The third-order valence-corrected chi connectivity index (χ3v) is 8.58. The number of benzene rings is 2. The number of halogens is 1. The molecule has 2 aliphatic rings. The molecule has 2 saturated heterocycles. The summed E-state index contributed by atoms with van der Waals surface area (Å²) in [6.07, 6.45) is 3.52. The first-order chi connectivity index (χ1) is 20.5. The van der Waals surface area contributed by atoms with E-state index in [0.717, 1.165) is 46.8 Å². The van der Waals surface area contributed by atoms with Crippen molar-refractivity contribution in [2.45, 2.75) is 24.9 Å². The van der Waals surface area contributed by atoms with E-state index in [-0.39, 0.29) is 24.5 Å². The van der Waals surface area contributed by atoms with Gasteiger partial charge in [-0.15, -0.1) is 0 Å². The number of hydrogen-bond donors (Lipinski definition) is 0. The van der Waals surface area contributed by atoms with E-state index in [9.17, 15) is 4.79 Å². The molecule has 2 fully saturated rings. The van der Waals surface area contributed by atoms with E-state index in [1.165, 1.54) is 6.08 Å². The monoisotopic (exact) mass is 581 g/mol. The highest BCUT2D eigenvalue weighted by Crippen LogP contribution is 2.35. The number of fused-ring (bicyclic) bond motifs is 2. The van der Waals surface area contributed by atoms with Crippen molar-refractivity contribution in [3.8, 4) is 17.3 Å². The molecule has 4 heterocycles. The molecule has 0 saturated carbocycles. The van der Waals surface area contributed by atoms with Gasteiger partial charge in [0, 0.05) is 41.6 Å². The molecule has 0 aliphatic carbocycles. The maximum Gasteiger partial charge on any atom is 0.320 e. The van der Waals surface area contributed by atoms with Gasteiger partial charge in [0.15, 0.2) is 5.65 Å². The molecular formula is C32H32ClN7O2. The van der Waals surface area contributed by atoms with E-state index >= 15 is 0 Å². The Balaban J connectivity index is 1.42. The van der Waals surface area contributed by atoms with Crippen molar-refractivity contribution in [1.29, 1.82) is 0 Å². The molecule has 0 unspecified atom stereocenters. The molecule has 4 aromatic rings. The zero-order valence-corrected chi connectivity index (χ0v) is 24.3. The molecule has 0 bridgehead atoms. The number of amides is 1. The standard InChI is InChI=1S/C32H32ClN7O2/c1-4-28(41)40-17-16-39(19-23(40)18-34-2)31-25-13-14-27(24-11-5-8-21-9-6-12-26(33)29(21)24)35-30(25)36-32(37-31)42-20-22-10-7-15-38(22)3/h4-6,8-9,11-14,22-23H,1,7,10,15-20H2,3H3/t22-,23-/m0/s1. The highest BCUT2D eigenvalue weighted by atomic mass is 35.5. The molecule has 0 N–H and O–H groups in total. The Kier molecular flexibility index (Phi) is 7.92. The van der Waals surface area contributed by atoms with Crippen LogP contribution < -0.4 is 9.64 Å². The fraction of sp³-hybridized carbons (Fsp3) is 0.344. The van der Waals surface area contributed by atoms with Crippen molar-refractivity contribution >= 4 is 45.1 Å². The van der Waals surface area contributed by atoms with Crippen molar-refractivity contribution in [2.75, 3.05) is 51.3 Å². The fourth-order valence-electron chi connectivity index (χ4n) is 6.02. The van der Waals surface area contributed by atoms with Crippen molar-refractivity contribution < 1.29 is 9.53 Å². The van der Waals surface area contributed by atoms with Crippen LogP contribution >= 0.6 is 11.6 Å². The Labute approximate surface area is 250 Å². The van der Waals surface area contributed by atoms with Crippen LogP contribution in [0.5, 0.6) is 6.01 Å². The third-order valence-electron chi connectivity index (χ3n) is 8.27. The summed E-state index contributed by atoms with van der Waals surface area (Å²) in [7, 11) is 2.11. The third kappa shape index (κ3) is 5.36. The number of carbonyl (C=O) groups is 1. The number of pyridine rings is 1. The molecule has 2 aromatic carbocycles. The first-order valence-electron chi connectivity index (χ1n) is 14.2. The SMILES string of the molecule is [C-]#[N+]C[C@H]1CN(c2nc(OC[C@@H]3CCCN3C)nc3nc(-c4cccc5cccc(Cl)c45)ccc23)CCN1C(=O)C=C. The molecule has 0 radical (unpaired) electrons. The Morgan fingerprint density at radius 3 is 2.71 bits per heavy atom. The first-order valence-corrected chi connectivity index (χ1v) is 14.5. The number of aromatic nitrogens is 3. The van der Waals surface area contributed by atoms with E-state index in [1.807, 2.05) is 48.5 Å². The Morgan fingerprint density at radius 2 is 1.95 bits per heavy atom. The molecule has 42 heavy (non-hydrogen) atoms. The molecule has 2 aliphatic heterocycles. The second-order valence-corrected chi connectivity index (χ2v) is 11.2. The lowest BCUT2D eigenvalue weighted by molar-refractivity contribution is -0.128. The van der Waals surface area contributed by atoms with Gasteiger partial charge in [-0.1, -0.05) is 48.5 Å². The summed E-state index contributed by atoms with van der Waals surface area (Å²) < 4.78 is 6.21. The van der Waals surface area contributed by atoms with Crippen LogP contribution in [0.15, 0.2) is 61.2 Å². The van der Waals surface area contributed by atoms with Gasteiger partial charge in [0.2, 0.25) is 12.5 Å². The summed E-state index contributed by atoms with van der Waals surface area (Å²) >= 11 is 6.64. The maximum atomic E-state index is 12.5. The van der Waals surface area contributed by atoms with E-state index in [4.69, 9.17) is 37.9 Å². The van der Waals surface area contributed by atoms with E-state index in [2.05, 4.69) is 28.3 Å². The van der Waals surface area contributed by atoms with Crippen molar-refractivity contribution in [1.82, 2.24) is 24.8 Å². The van der Waals surface area contributed by atoms with Gasteiger partial charge in [-0.2, -0.15) is 9.97 Å². The molecule has 0 spiro atoms. The molecule has 6 rings (SSSR count). The summed E-state index contributed by atoms with van der Waals surface area (Å²) in [6.45, 7) is 14.3. The largest absolute Gasteiger partial charge is 0.462 e. The van der Waals surface area contributed by atoms with E-state index in [1.54, 1.807) is 4.90 Å². The summed E-state index contributed by atoms with van der Waals surface area (Å²) in [5.41, 5.74) is 2.19. The lowest BCUT2D eigenvalue weighted by Gasteiger charge is -2.39. The van der Waals surface area contributed by atoms with Crippen LogP contribution in [-0.2, 0) is 4.79 Å². The van der Waals surface area contributed by atoms with Gasteiger partial charge < -0.3 is 24.3 Å². The Bertz CT molecular complexity index is 1700. The van der Waals surface area contributed by atoms with Gasteiger partial charge in [-0.3, -0.25) is 4.79 Å². The number of nitrogens with zero attached hydrogens (tertiary/aromatic N) is 7. The second kappa shape index (κ2) is 11.9. The molecular weight excluding hydrogens is 550 g/mol. The Hall–Kier alpha value is -4.26. The average Bonchev–Trinajstić information content (AvgIpc) is 3.43. The topological polar surface area (TPSA) is 79.1 Å². The summed E-state index contributed by atoms with van der Waals surface area (Å²) in [5, 5.41) is 3.41. The number of likely N-dealkylation sites (tertiary alicyclic amines) is 1. The van der Waals surface area contributed by atoms with Crippen LogP contribution in [-0.4, -0.2) is 89.1 Å². The molecule has 10 heteroatoms. The van der Waals surface area contributed by atoms with Gasteiger partial charge >= 0.3 is 6.01 Å². The lowest BCUT2D eigenvalue weighted by atomic mass is 10.0. The highest BCUT2D eigenvalue weighted by molar-refractivity contribution is 6.36. The van der Waals surface area contributed by atoms with Crippen LogP contribution in [0.1, 0.15) is 12.8 Å².